The lowest BCUT2D eigenvalue weighted by molar-refractivity contribution is -0.134. The SMILES string of the molecule is CN(CC(=O)Nc1ccc(Cl)c(Cl)c1)C(=O)CC1CC2CCC1C2. The molecule has 1 N–H and O–H groups in total. The van der Waals surface area contributed by atoms with Crippen molar-refractivity contribution < 1.29 is 9.59 Å². The van der Waals surface area contributed by atoms with Crippen LogP contribution < -0.4 is 5.32 Å². The maximum atomic E-state index is 12.4. The molecule has 3 rings (SSSR count). The number of carbonyl (C=O) groups excluding carboxylic acids is 2. The predicted molar refractivity (Wildman–Crippen MR) is 96.3 cm³/mol. The van der Waals surface area contributed by atoms with Gasteiger partial charge in [-0.2, -0.15) is 0 Å². The van der Waals surface area contributed by atoms with Crippen LogP contribution in [0.4, 0.5) is 5.69 Å². The van der Waals surface area contributed by atoms with Gasteiger partial charge >= 0.3 is 0 Å². The van der Waals surface area contributed by atoms with Crippen LogP contribution in [0.25, 0.3) is 0 Å². The molecule has 2 saturated carbocycles. The molecule has 2 amide bonds. The molecule has 3 unspecified atom stereocenters. The Labute approximate surface area is 152 Å². The van der Waals surface area contributed by atoms with Crippen LogP contribution in [-0.2, 0) is 9.59 Å². The van der Waals surface area contributed by atoms with Crippen LogP contribution >= 0.6 is 23.2 Å². The normalized spacial score (nSPS) is 24.9. The molecule has 2 aliphatic rings. The third kappa shape index (κ3) is 4.04. The molecule has 24 heavy (non-hydrogen) atoms. The lowest BCUT2D eigenvalue weighted by Crippen LogP contribution is -2.36. The van der Waals surface area contributed by atoms with Gasteiger partial charge in [0.1, 0.15) is 0 Å². The molecular formula is C18H22Cl2N2O2. The highest BCUT2D eigenvalue weighted by atomic mass is 35.5. The van der Waals surface area contributed by atoms with E-state index in [1.165, 1.54) is 30.6 Å². The summed E-state index contributed by atoms with van der Waals surface area (Å²) in [6.45, 7) is 0.0416. The Bertz CT molecular complexity index is 650. The highest BCUT2D eigenvalue weighted by Crippen LogP contribution is 2.49. The summed E-state index contributed by atoms with van der Waals surface area (Å²) < 4.78 is 0. The zero-order chi connectivity index (χ0) is 17.3. The number of fused-ring (bicyclic) bond motifs is 2. The van der Waals surface area contributed by atoms with Crippen LogP contribution in [-0.4, -0.2) is 30.3 Å². The van der Waals surface area contributed by atoms with Gasteiger partial charge in [0.2, 0.25) is 11.8 Å². The number of hydrogen-bond acceptors (Lipinski definition) is 2. The smallest absolute Gasteiger partial charge is 0.243 e. The number of halogens is 2. The van der Waals surface area contributed by atoms with Crippen molar-refractivity contribution in [1.29, 1.82) is 0 Å². The number of anilines is 1. The predicted octanol–water partition coefficient (Wildman–Crippen LogP) is 4.22. The van der Waals surface area contributed by atoms with E-state index < -0.39 is 0 Å². The first-order valence-corrected chi connectivity index (χ1v) is 9.17. The van der Waals surface area contributed by atoms with E-state index in [-0.39, 0.29) is 18.4 Å². The van der Waals surface area contributed by atoms with Crippen LogP contribution in [0, 0.1) is 17.8 Å². The van der Waals surface area contributed by atoms with Crippen molar-refractivity contribution in [3.05, 3.63) is 28.2 Å². The molecule has 6 heteroatoms. The van der Waals surface area contributed by atoms with E-state index in [0.29, 0.717) is 28.1 Å². The van der Waals surface area contributed by atoms with Gasteiger partial charge in [-0.25, -0.2) is 0 Å². The largest absolute Gasteiger partial charge is 0.336 e. The zero-order valence-electron chi connectivity index (χ0n) is 13.7. The van der Waals surface area contributed by atoms with Gasteiger partial charge in [0, 0.05) is 19.2 Å². The van der Waals surface area contributed by atoms with Gasteiger partial charge in [-0.3, -0.25) is 9.59 Å². The summed E-state index contributed by atoms with van der Waals surface area (Å²) in [6.07, 6.45) is 5.64. The summed E-state index contributed by atoms with van der Waals surface area (Å²) in [4.78, 5) is 26.0. The molecule has 0 radical (unpaired) electrons. The van der Waals surface area contributed by atoms with Crippen molar-refractivity contribution in [2.24, 2.45) is 17.8 Å². The lowest BCUT2D eigenvalue weighted by Gasteiger charge is -2.24. The number of hydrogen-bond donors (Lipinski definition) is 1. The van der Waals surface area contributed by atoms with Crippen LogP contribution in [0.5, 0.6) is 0 Å². The molecule has 2 aliphatic carbocycles. The standard InChI is InChI=1S/C18H22Cl2N2O2/c1-22(18(24)8-13-7-11-2-3-12(13)6-11)10-17(23)21-14-4-5-15(19)16(20)9-14/h4-5,9,11-13H,2-3,6-8,10H2,1H3,(H,21,23). The number of nitrogens with zero attached hydrogens (tertiary/aromatic N) is 1. The molecule has 2 fully saturated rings. The van der Waals surface area contributed by atoms with Crippen LogP contribution in [0.1, 0.15) is 32.1 Å². The quantitative estimate of drug-likeness (QED) is 0.845. The monoisotopic (exact) mass is 368 g/mol. The second-order valence-corrected chi connectivity index (χ2v) is 7.88. The van der Waals surface area contributed by atoms with Crippen LogP contribution in [0.15, 0.2) is 18.2 Å². The van der Waals surface area contributed by atoms with Crippen LogP contribution in [0.3, 0.4) is 0 Å². The van der Waals surface area contributed by atoms with Crippen molar-refractivity contribution >= 4 is 40.7 Å². The summed E-state index contributed by atoms with van der Waals surface area (Å²) >= 11 is 11.8. The molecule has 4 nitrogen and oxygen atoms in total. The fourth-order valence-corrected chi connectivity index (χ4v) is 4.38. The Morgan fingerprint density at radius 2 is 2.00 bits per heavy atom. The third-order valence-corrected chi connectivity index (χ3v) is 6.07. The maximum Gasteiger partial charge on any atom is 0.243 e. The van der Waals surface area contributed by atoms with Gasteiger partial charge in [-0.15, -0.1) is 0 Å². The lowest BCUT2D eigenvalue weighted by atomic mass is 9.86. The van der Waals surface area contributed by atoms with Crippen LogP contribution in [0.2, 0.25) is 10.0 Å². The van der Waals surface area contributed by atoms with Gasteiger partial charge in [0.25, 0.3) is 0 Å². The minimum Gasteiger partial charge on any atom is -0.336 e. The molecule has 0 aromatic heterocycles. The number of amides is 2. The Kier molecular flexibility index (Phi) is 5.36. The molecule has 2 bridgehead atoms. The number of likely N-dealkylation sites (N-methyl/N-ethyl adjacent to an activating group) is 1. The second-order valence-electron chi connectivity index (χ2n) is 7.07. The third-order valence-electron chi connectivity index (χ3n) is 5.33. The van der Waals surface area contributed by atoms with Crippen molar-refractivity contribution in [2.45, 2.75) is 32.1 Å². The van der Waals surface area contributed by atoms with E-state index in [2.05, 4.69) is 5.32 Å². The molecule has 1 aromatic carbocycles. The topological polar surface area (TPSA) is 49.4 Å². The Morgan fingerprint density at radius 3 is 2.62 bits per heavy atom. The average molecular weight is 369 g/mol. The average Bonchev–Trinajstić information content (AvgIpc) is 3.13. The molecule has 0 saturated heterocycles. The van der Waals surface area contributed by atoms with Crippen molar-refractivity contribution in [3.63, 3.8) is 0 Å². The number of nitrogens with one attached hydrogen (secondary N) is 1. The minimum absolute atomic E-state index is 0.0416. The highest BCUT2D eigenvalue weighted by Gasteiger charge is 2.40. The van der Waals surface area contributed by atoms with Gasteiger partial charge < -0.3 is 10.2 Å². The summed E-state index contributed by atoms with van der Waals surface area (Å²) in [5.74, 6) is 1.87. The van der Waals surface area contributed by atoms with Gasteiger partial charge in [-0.1, -0.05) is 29.6 Å². The Morgan fingerprint density at radius 1 is 1.21 bits per heavy atom. The first-order chi connectivity index (χ1) is 11.4. The van der Waals surface area contributed by atoms with E-state index in [1.807, 2.05) is 0 Å². The van der Waals surface area contributed by atoms with Gasteiger partial charge in [-0.05, 0) is 55.2 Å². The van der Waals surface area contributed by atoms with E-state index in [1.54, 1.807) is 25.2 Å². The minimum atomic E-state index is -0.239. The number of benzene rings is 1. The van der Waals surface area contributed by atoms with E-state index in [9.17, 15) is 9.59 Å². The van der Waals surface area contributed by atoms with Crippen molar-refractivity contribution in [3.8, 4) is 0 Å². The molecule has 0 aliphatic heterocycles. The van der Waals surface area contributed by atoms with E-state index in [4.69, 9.17) is 23.2 Å². The molecule has 0 spiro atoms. The fraction of sp³-hybridized carbons (Fsp3) is 0.556. The summed E-state index contributed by atoms with van der Waals surface area (Å²) in [5, 5.41) is 3.56. The van der Waals surface area contributed by atoms with E-state index >= 15 is 0 Å². The molecular weight excluding hydrogens is 347 g/mol. The zero-order valence-corrected chi connectivity index (χ0v) is 15.2. The highest BCUT2D eigenvalue weighted by molar-refractivity contribution is 6.42. The molecule has 3 atom stereocenters. The summed E-state index contributed by atoms with van der Waals surface area (Å²) in [6, 6.07) is 4.91. The summed E-state index contributed by atoms with van der Waals surface area (Å²) in [7, 11) is 1.68. The fourth-order valence-electron chi connectivity index (χ4n) is 4.08. The molecule has 130 valence electrons. The first-order valence-electron chi connectivity index (χ1n) is 8.41. The Balaban J connectivity index is 1.48. The first kappa shape index (κ1) is 17.6. The van der Waals surface area contributed by atoms with E-state index in [0.717, 1.165) is 11.8 Å². The summed E-state index contributed by atoms with van der Waals surface area (Å²) in [5.41, 5.74) is 0.573. The Hall–Kier alpha value is -1.26. The molecule has 1 aromatic rings. The van der Waals surface area contributed by atoms with Gasteiger partial charge in [0.15, 0.2) is 0 Å². The molecule has 0 heterocycles. The van der Waals surface area contributed by atoms with Crippen molar-refractivity contribution in [2.75, 3.05) is 18.9 Å². The van der Waals surface area contributed by atoms with Gasteiger partial charge in [0.05, 0.1) is 16.6 Å². The number of rotatable bonds is 5. The number of carbonyl (C=O) groups is 2. The second kappa shape index (κ2) is 7.32. The maximum absolute atomic E-state index is 12.4. The van der Waals surface area contributed by atoms with Crippen molar-refractivity contribution in [1.82, 2.24) is 4.90 Å².